The Morgan fingerprint density at radius 2 is 2.00 bits per heavy atom. The first-order valence-corrected chi connectivity index (χ1v) is 6.31. The van der Waals surface area contributed by atoms with E-state index >= 15 is 0 Å². The highest BCUT2D eigenvalue weighted by atomic mass is 19.1. The molecule has 1 rings (SSSR count). The maximum atomic E-state index is 13.6. The van der Waals surface area contributed by atoms with Crippen molar-refractivity contribution < 1.29 is 9.18 Å². The van der Waals surface area contributed by atoms with Gasteiger partial charge in [0.1, 0.15) is 11.9 Å². The van der Waals surface area contributed by atoms with E-state index in [1.54, 1.807) is 24.0 Å². The van der Waals surface area contributed by atoms with Gasteiger partial charge in [-0.1, -0.05) is 6.07 Å². The lowest BCUT2D eigenvalue weighted by molar-refractivity contribution is -0.131. The van der Waals surface area contributed by atoms with E-state index in [0.717, 1.165) is 5.56 Å². The third-order valence-electron chi connectivity index (χ3n) is 2.94. The van der Waals surface area contributed by atoms with Crippen molar-refractivity contribution in [3.63, 3.8) is 0 Å². The van der Waals surface area contributed by atoms with E-state index in [2.05, 4.69) is 5.32 Å². The van der Waals surface area contributed by atoms with Gasteiger partial charge in [0.25, 0.3) is 0 Å². The number of hydrogen-bond acceptors (Lipinski definition) is 2. The van der Waals surface area contributed by atoms with Crippen molar-refractivity contribution in [2.24, 2.45) is 0 Å². The second-order valence-electron chi connectivity index (χ2n) is 4.36. The molecule has 0 aliphatic carbocycles. The molecule has 0 aromatic heterocycles. The highest BCUT2D eigenvalue weighted by molar-refractivity contribution is 5.84. The van der Waals surface area contributed by atoms with Gasteiger partial charge >= 0.3 is 0 Å². The Morgan fingerprint density at radius 1 is 1.39 bits per heavy atom. The van der Waals surface area contributed by atoms with Gasteiger partial charge in [0, 0.05) is 13.1 Å². The minimum atomic E-state index is -0.429. The molecule has 0 spiro atoms. The molecule has 1 amide bonds. The summed E-state index contributed by atoms with van der Waals surface area (Å²) in [5.74, 6) is -0.347. The molecule has 1 unspecified atom stereocenters. The average molecular weight is 252 g/mol. The van der Waals surface area contributed by atoms with E-state index in [1.807, 2.05) is 20.8 Å². The minimum absolute atomic E-state index is 0.0130. The van der Waals surface area contributed by atoms with Gasteiger partial charge in [-0.15, -0.1) is 0 Å². The number of halogens is 1. The number of amides is 1. The lowest BCUT2D eigenvalue weighted by Crippen LogP contribution is -2.41. The number of aryl methyl sites for hydroxylation is 1. The fraction of sp³-hybridized carbons (Fsp3) is 0.500. The van der Waals surface area contributed by atoms with Crippen LogP contribution in [0.25, 0.3) is 0 Å². The van der Waals surface area contributed by atoms with Crippen LogP contribution in [0.3, 0.4) is 0 Å². The van der Waals surface area contributed by atoms with Crippen LogP contribution < -0.4 is 5.32 Å². The molecule has 0 aliphatic rings. The van der Waals surface area contributed by atoms with Gasteiger partial charge in [-0.25, -0.2) is 4.39 Å². The van der Waals surface area contributed by atoms with Crippen molar-refractivity contribution >= 4 is 11.6 Å². The zero-order valence-corrected chi connectivity index (χ0v) is 11.5. The Hall–Kier alpha value is -1.58. The molecule has 18 heavy (non-hydrogen) atoms. The number of hydrogen-bond donors (Lipinski definition) is 1. The molecule has 1 aromatic carbocycles. The third kappa shape index (κ3) is 3.45. The zero-order valence-electron chi connectivity index (χ0n) is 11.5. The maximum Gasteiger partial charge on any atom is 0.244 e. The maximum absolute atomic E-state index is 13.6. The molecular weight excluding hydrogens is 231 g/mol. The second kappa shape index (κ2) is 6.38. The zero-order chi connectivity index (χ0) is 13.7. The van der Waals surface area contributed by atoms with Crippen molar-refractivity contribution in [1.82, 2.24) is 4.90 Å². The normalized spacial score (nSPS) is 12.1. The number of anilines is 1. The molecule has 0 radical (unpaired) electrons. The van der Waals surface area contributed by atoms with Crippen LogP contribution in [-0.2, 0) is 4.79 Å². The molecule has 0 bridgehead atoms. The predicted octanol–water partition coefficient (Wildman–Crippen LogP) is 2.80. The van der Waals surface area contributed by atoms with Crippen LogP contribution in [0.4, 0.5) is 10.1 Å². The average Bonchev–Trinajstić information content (AvgIpc) is 2.35. The van der Waals surface area contributed by atoms with Gasteiger partial charge in [0.15, 0.2) is 0 Å². The number of nitrogens with zero attached hydrogens (tertiary/aromatic N) is 1. The first-order valence-electron chi connectivity index (χ1n) is 6.31. The molecule has 0 fully saturated rings. The molecule has 1 N–H and O–H groups in total. The van der Waals surface area contributed by atoms with Gasteiger partial charge in [-0.2, -0.15) is 0 Å². The van der Waals surface area contributed by atoms with Crippen LogP contribution in [0.2, 0.25) is 0 Å². The monoisotopic (exact) mass is 252 g/mol. The van der Waals surface area contributed by atoms with Gasteiger partial charge in [-0.05, 0) is 45.4 Å². The number of carbonyl (C=O) groups excluding carboxylic acids is 1. The number of benzene rings is 1. The topological polar surface area (TPSA) is 32.3 Å². The largest absolute Gasteiger partial charge is 0.372 e. The fourth-order valence-electron chi connectivity index (χ4n) is 1.85. The molecule has 1 atom stereocenters. The van der Waals surface area contributed by atoms with Gasteiger partial charge in [-0.3, -0.25) is 4.79 Å². The van der Waals surface area contributed by atoms with E-state index in [9.17, 15) is 9.18 Å². The van der Waals surface area contributed by atoms with E-state index in [4.69, 9.17) is 0 Å². The molecule has 100 valence electrons. The van der Waals surface area contributed by atoms with E-state index < -0.39 is 6.04 Å². The highest BCUT2D eigenvalue weighted by Gasteiger charge is 2.18. The summed E-state index contributed by atoms with van der Waals surface area (Å²) in [6.07, 6.45) is 0. The first kappa shape index (κ1) is 14.5. The number of likely N-dealkylation sites (N-methyl/N-ethyl adjacent to an activating group) is 1. The molecule has 0 aliphatic heterocycles. The van der Waals surface area contributed by atoms with Crippen LogP contribution in [0.5, 0.6) is 0 Å². The summed E-state index contributed by atoms with van der Waals surface area (Å²) in [6, 6.07) is 4.39. The first-order chi connectivity index (χ1) is 8.49. The molecule has 3 nitrogen and oxygen atoms in total. The molecule has 4 heteroatoms. The Balaban J connectivity index is 2.77. The molecular formula is C14H21FN2O. The summed E-state index contributed by atoms with van der Waals surface area (Å²) in [6.45, 7) is 8.84. The van der Waals surface area contributed by atoms with Crippen molar-refractivity contribution in [1.29, 1.82) is 0 Å². The van der Waals surface area contributed by atoms with Crippen LogP contribution in [0.1, 0.15) is 26.3 Å². The van der Waals surface area contributed by atoms with E-state index in [1.165, 1.54) is 6.07 Å². The quantitative estimate of drug-likeness (QED) is 0.874. The highest BCUT2D eigenvalue weighted by Crippen LogP contribution is 2.17. The molecule has 0 heterocycles. The Kier molecular flexibility index (Phi) is 5.13. The van der Waals surface area contributed by atoms with Crippen LogP contribution in [0.15, 0.2) is 18.2 Å². The lowest BCUT2D eigenvalue weighted by atomic mass is 10.2. The Labute approximate surface area is 108 Å². The molecule has 0 saturated carbocycles. The van der Waals surface area contributed by atoms with Crippen LogP contribution in [-0.4, -0.2) is 29.9 Å². The van der Waals surface area contributed by atoms with Crippen LogP contribution >= 0.6 is 0 Å². The van der Waals surface area contributed by atoms with Crippen molar-refractivity contribution in [2.75, 3.05) is 18.4 Å². The fourth-order valence-corrected chi connectivity index (χ4v) is 1.85. The Morgan fingerprint density at radius 3 is 2.56 bits per heavy atom. The summed E-state index contributed by atoms with van der Waals surface area (Å²) in [4.78, 5) is 13.8. The second-order valence-corrected chi connectivity index (χ2v) is 4.36. The standard InChI is InChI=1S/C14H21FN2O/c1-5-17(6-2)14(18)11(4)16-13-9-10(3)7-8-12(13)15/h7-9,11,16H,5-6H2,1-4H3. The Bertz CT molecular complexity index is 416. The molecule has 1 aromatic rings. The van der Waals surface area contributed by atoms with Gasteiger partial charge < -0.3 is 10.2 Å². The third-order valence-corrected chi connectivity index (χ3v) is 2.94. The summed E-state index contributed by atoms with van der Waals surface area (Å²) in [5, 5.41) is 2.93. The van der Waals surface area contributed by atoms with Crippen molar-refractivity contribution in [3.8, 4) is 0 Å². The summed E-state index contributed by atoms with van der Waals surface area (Å²) in [5.41, 5.74) is 1.34. The van der Waals surface area contributed by atoms with E-state index in [-0.39, 0.29) is 11.7 Å². The number of rotatable bonds is 5. The minimum Gasteiger partial charge on any atom is -0.372 e. The summed E-state index contributed by atoms with van der Waals surface area (Å²) < 4.78 is 13.6. The molecule has 0 saturated heterocycles. The van der Waals surface area contributed by atoms with Crippen molar-refractivity contribution in [3.05, 3.63) is 29.6 Å². The van der Waals surface area contributed by atoms with Gasteiger partial charge in [0.2, 0.25) is 5.91 Å². The number of carbonyl (C=O) groups is 1. The van der Waals surface area contributed by atoms with E-state index in [0.29, 0.717) is 18.8 Å². The van der Waals surface area contributed by atoms with Crippen molar-refractivity contribution in [2.45, 2.75) is 33.7 Å². The summed E-state index contributed by atoms with van der Waals surface area (Å²) >= 11 is 0. The smallest absolute Gasteiger partial charge is 0.244 e. The lowest BCUT2D eigenvalue weighted by Gasteiger charge is -2.24. The van der Waals surface area contributed by atoms with Gasteiger partial charge in [0.05, 0.1) is 5.69 Å². The van der Waals surface area contributed by atoms with Crippen LogP contribution in [0, 0.1) is 12.7 Å². The summed E-state index contributed by atoms with van der Waals surface area (Å²) in [7, 11) is 0. The number of nitrogens with one attached hydrogen (secondary N) is 1. The SMILES string of the molecule is CCN(CC)C(=O)C(C)Nc1cc(C)ccc1F. The predicted molar refractivity (Wildman–Crippen MR) is 72.1 cm³/mol.